The zero-order valence-corrected chi connectivity index (χ0v) is 11.2. The molecule has 6 heteroatoms. The van der Waals surface area contributed by atoms with Gasteiger partial charge in [-0.3, -0.25) is 4.68 Å². The Morgan fingerprint density at radius 1 is 1.17 bits per heavy atom. The van der Waals surface area contributed by atoms with Crippen molar-refractivity contribution in [2.45, 2.75) is 6.54 Å². The smallest absolute Gasteiger partial charge is 0.0701 e. The van der Waals surface area contributed by atoms with E-state index in [-0.39, 0.29) is 0 Å². The highest BCUT2D eigenvalue weighted by Crippen LogP contribution is 1.94. The summed E-state index contributed by atoms with van der Waals surface area (Å²) in [7, 11) is 3.60. The molecule has 0 unspecified atom stereocenters. The Hall–Kier alpha value is -0.950. The van der Waals surface area contributed by atoms with Gasteiger partial charge in [0, 0.05) is 33.4 Å². The second-order valence-corrected chi connectivity index (χ2v) is 3.84. The van der Waals surface area contributed by atoms with Gasteiger partial charge in [0.15, 0.2) is 0 Å². The third kappa shape index (κ3) is 6.70. The van der Waals surface area contributed by atoms with Crippen LogP contribution in [0.3, 0.4) is 0 Å². The summed E-state index contributed by atoms with van der Waals surface area (Å²) in [6.07, 6.45) is 1.80. The highest BCUT2D eigenvalue weighted by Gasteiger charge is 1.96. The van der Waals surface area contributed by atoms with Gasteiger partial charge in [0.05, 0.1) is 38.7 Å². The van der Waals surface area contributed by atoms with Gasteiger partial charge >= 0.3 is 0 Å². The minimum atomic E-state index is 0.616. The highest BCUT2D eigenvalue weighted by molar-refractivity contribution is 4.98. The normalized spacial score (nSPS) is 11.0. The van der Waals surface area contributed by atoms with Crippen molar-refractivity contribution in [2.75, 3.05) is 46.7 Å². The molecule has 0 aliphatic rings. The predicted molar refractivity (Wildman–Crippen MR) is 68.4 cm³/mol. The van der Waals surface area contributed by atoms with Crippen LogP contribution in [0, 0.1) is 0 Å². The predicted octanol–water partition coefficient (Wildman–Crippen LogP) is 0.189. The molecule has 1 aromatic rings. The molecule has 0 aromatic carbocycles. The number of methoxy groups -OCH3 is 1. The van der Waals surface area contributed by atoms with Gasteiger partial charge in [-0.25, -0.2) is 0 Å². The fourth-order valence-corrected chi connectivity index (χ4v) is 1.40. The monoisotopic (exact) mass is 257 g/mol. The quantitative estimate of drug-likeness (QED) is 0.573. The minimum absolute atomic E-state index is 0.616. The minimum Gasteiger partial charge on any atom is -0.382 e. The fraction of sp³-hybridized carbons (Fsp3) is 0.750. The number of rotatable bonds is 11. The zero-order chi connectivity index (χ0) is 13.1. The fourth-order valence-electron chi connectivity index (χ4n) is 1.40. The molecule has 0 aliphatic carbocycles. The van der Waals surface area contributed by atoms with E-state index < -0.39 is 0 Å². The van der Waals surface area contributed by atoms with E-state index >= 15 is 0 Å². The van der Waals surface area contributed by atoms with E-state index in [1.165, 1.54) is 0 Å². The molecule has 0 saturated carbocycles. The van der Waals surface area contributed by atoms with Gasteiger partial charge in [-0.2, -0.15) is 5.10 Å². The van der Waals surface area contributed by atoms with Crippen LogP contribution in [0.25, 0.3) is 0 Å². The number of nitrogens with one attached hydrogen (secondary N) is 1. The SMILES string of the molecule is COCCOCCOCCNCc1ccnn1C. The Kier molecular flexibility index (Phi) is 8.41. The zero-order valence-electron chi connectivity index (χ0n) is 11.2. The van der Waals surface area contributed by atoms with Crippen molar-refractivity contribution in [2.24, 2.45) is 7.05 Å². The van der Waals surface area contributed by atoms with Gasteiger partial charge in [0.2, 0.25) is 0 Å². The summed E-state index contributed by atoms with van der Waals surface area (Å²) in [4.78, 5) is 0. The van der Waals surface area contributed by atoms with Crippen LogP contribution in [0.1, 0.15) is 5.69 Å². The van der Waals surface area contributed by atoms with E-state index in [0.29, 0.717) is 33.0 Å². The van der Waals surface area contributed by atoms with Gasteiger partial charge in [-0.05, 0) is 6.07 Å². The Labute approximate surface area is 108 Å². The molecular weight excluding hydrogens is 234 g/mol. The van der Waals surface area contributed by atoms with Gasteiger partial charge in [0.25, 0.3) is 0 Å². The third-order valence-corrected chi connectivity index (χ3v) is 2.46. The van der Waals surface area contributed by atoms with Crippen molar-refractivity contribution >= 4 is 0 Å². The second kappa shape index (κ2) is 10.0. The molecule has 6 nitrogen and oxygen atoms in total. The molecule has 0 bridgehead atoms. The Morgan fingerprint density at radius 2 is 1.89 bits per heavy atom. The number of nitrogens with zero attached hydrogens (tertiary/aromatic N) is 2. The Bertz CT molecular complexity index is 305. The summed E-state index contributed by atoms with van der Waals surface area (Å²) < 4.78 is 17.4. The molecule has 0 radical (unpaired) electrons. The first-order valence-corrected chi connectivity index (χ1v) is 6.16. The first-order valence-electron chi connectivity index (χ1n) is 6.16. The van der Waals surface area contributed by atoms with Gasteiger partial charge in [-0.15, -0.1) is 0 Å². The van der Waals surface area contributed by atoms with Crippen molar-refractivity contribution in [3.63, 3.8) is 0 Å². The first-order chi connectivity index (χ1) is 8.84. The van der Waals surface area contributed by atoms with Crippen molar-refractivity contribution in [3.8, 4) is 0 Å². The average Bonchev–Trinajstić information content (AvgIpc) is 2.77. The molecule has 0 atom stereocenters. The molecule has 0 spiro atoms. The summed E-state index contributed by atoms with van der Waals surface area (Å²) >= 11 is 0. The molecule has 1 aromatic heterocycles. The summed E-state index contributed by atoms with van der Waals surface area (Å²) in [6.45, 7) is 4.81. The van der Waals surface area contributed by atoms with E-state index in [1.807, 2.05) is 17.8 Å². The first kappa shape index (κ1) is 15.1. The second-order valence-electron chi connectivity index (χ2n) is 3.84. The largest absolute Gasteiger partial charge is 0.382 e. The van der Waals surface area contributed by atoms with Gasteiger partial charge in [-0.1, -0.05) is 0 Å². The van der Waals surface area contributed by atoms with E-state index in [4.69, 9.17) is 14.2 Å². The Morgan fingerprint density at radius 3 is 2.56 bits per heavy atom. The van der Waals surface area contributed by atoms with Crippen LogP contribution in [-0.2, 0) is 27.8 Å². The van der Waals surface area contributed by atoms with Crippen LogP contribution < -0.4 is 5.32 Å². The van der Waals surface area contributed by atoms with E-state index in [9.17, 15) is 0 Å². The summed E-state index contributed by atoms with van der Waals surface area (Å²) in [5.74, 6) is 0. The maximum Gasteiger partial charge on any atom is 0.0701 e. The van der Waals surface area contributed by atoms with Gasteiger partial charge < -0.3 is 19.5 Å². The lowest BCUT2D eigenvalue weighted by Gasteiger charge is -2.07. The molecule has 1 N–H and O–H groups in total. The molecule has 0 amide bonds. The van der Waals surface area contributed by atoms with E-state index in [1.54, 1.807) is 13.3 Å². The summed E-state index contributed by atoms with van der Waals surface area (Å²) in [5.41, 5.74) is 1.16. The molecule has 1 heterocycles. The topological polar surface area (TPSA) is 57.5 Å². The molecule has 1 rings (SSSR count). The maximum absolute atomic E-state index is 5.41. The van der Waals surface area contributed by atoms with Crippen LogP contribution in [0.5, 0.6) is 0 Å². The van der Waals surface area contributed by atoms with Crippen molar-refractivity contribution in [3.05, 3.63) is 18.0 Å². The molecule has 0 fully saturated rings. The number of hydrogen-bond donors (Lipinski definition) is 1. The molecular formula is C12H23N3O3. The maximum atomic E-state index is 5.41. The lowest BCUT2D eigenvalue weighted by atomic mass is 10.4. The molecule has 0 saturated heterocycles. The van der Waals surface area contributed by atoms with E-state index in [2.05, 4.69) is 10.4 Å². The van der Waals surface area contributed by atoms with Crippen LogP contribution in [0.4, 0.5) is 0 Å². The summed E-state index contributed by atoms with van der Waals surface area (Å²) in [6, 6.07) is 2.00. The number of hydrogen-bond acceptors (Lipinski definition) is 5. The summed E-state index contributed by atoms with van der Waals surface area (Å²) in [5, 5.41) is 7.39. The van der Waals surface area contributed by atoms with Crippen LogP contribution in [-0.4, -0.2) is 56.5 Å². The number of aryl methyl sites for hydroxylation is 1. The molecule has 104 valence electrons. The third-order valence-electron chi connectivity index (χ3n) is 2.46. The molecule has 18 heavy (non-hydrogen) atoms. The van der Waals surface area contributed by atoms with Crippen molar-refractivity contribution in [1.82, 2.24) is 15.1 Å². The van der Waals surface area contributed by atoms with Crippen LogP contribution in [0.15, 0.2) is 12.3 Å². The number of aromatic nitrogens is 2. The lowest BCUT2D eigenvalue weighted by Crippen LogP contribution is -2.21. The van der Waals surface area contributed by atoms with Gasteiger partial charge in [0.1, 0.15) is 0 Å². The standard InChI is InChI=1S/C12H23N3O3/c1-15-12(3-4-14-15)11-13-5-6-17-9-10-18-8-7-16-2/h3-4,13H,5-11H2,1-2H3. The van der Waals surface area contributed by atoms with E-state index in [0.717, 1.165) is 18.8 Å². The highest BCUT2D eigenvalue weighted by atomic mass is 16.5. The Balaban J connectivity index is 1.83. The lowest BCUT2D eigenvalue weighted by molar-refractivity contribution is 0.0255. The average molecular weight is 257 g/mol. The van der Waals surface area contributed by atoms with Crippen molar-refractivity contribution in [1.29, 1.82) is 0 Å². The molecule has 0 aliphatic heterocycles. The van der Waals surface area contributed by atoms with Crippen LogP contribution >= 0.6 is 0 Å². The number of ether oxygens (including phenoxy) is 3. The van der Waals surface area contributed by atoms with Crippen LogP contribution in [0.2, 0.25) is 0 Å². The van der Waals surface area contributed by atoms with Crippen molar-refractivity contribution < 1.29 is 14.2 Å².